The highest BCUT2D eigenvalue weighted by atomic mass is 32.1. The van der Waals surface area contributed by atoms with E-state index in [2.05, 4.69) is 11.8 Å². The smallest absolute Gasteiger partial charge is 0.0899 e. The Bertz CT molecular complexity index is 186. The van der Waals surface area contributed by atoms with Gasteiger partial charge in [-0.2, -0.15) is 0 Å². The Hall–Kier alpha value is -0.190. The van der Waals surface area contributed by atoms with Crippen LogP contribution in [0.2, 0.25) is 0 Å². The molecule has 0 radical (unpaired) electrons. The summed E-state index contributed by atoms with van der Waals surface area (Å²) in [6.07, 6.45) is 2.67. The third kappa shape index (κ3) is 2.90. The minimum absolute atomic E-state index is 0.202. The fraction of sp³-hybridized carbons (Fsp3) is 0.889. The fourth-order valence-electron chi connectivity index (χ4n) is 1.69. The van der Waals surface area contributed by atoms with Gasteiger partial charge in [-0.3, -0.25) is 4.90 Å². The summed E-state index contributed by atoms with van der Waals surface area (Å²) in [5, 5.41) is 0. The van der Waals surface area contributed by atoms with Crippen molar-refractivity contribution in [3.63, 3.8) is 0 Å². The van der Waals surface area contributed by atoms with E-state index >= 15 is 0 Å². The predicted molar refractivity (Wildman–Crippen MR) is 57.9 cm³/mol. The molecule has 1 saturated heterocycles. The lowest BCUT2D eigenvalue weighted by molar-refractivity contribution is 0.0268. The number of thiocarbonyl (C=S) groups is 1. The molecule has 13 heavy (non-hydrogen) atoms. The summed E-state index contributed by atoms with van der Waals surface area (Å²) < 4.78 is 5.33. The molecule has 0 spiro atoms. The minimum atomic E-state index is 0.202. The Kier molecular flexibility index (Phi) is 4.09. The van der Waals surface area contributed by atoms with Gasteiger partial charge < -0.3 is 10.5 Å². The van der Waals surface area contributed by atoms with Crippen molar-refractivity contribution in [2.45, 2.75) is 31.9 Å². The summed E-state index contributed by atoms with van der Waals surface area (Å²) in [5.74, 6) is 0. The van der Waals surface area contributed by atoms with E-state index in [1.54, 1.807) is 7.11 Å². The molecule has 0 bridgehead atoms. The number of nitrogens with two attached hydrogens (primary N) is 1. The Morgan fingerprint density at radius 3 is 2.92 bits per heavy atom. The number of piperidine rings is 1. The number of likely N-dealkylation sites (tertiary alicyclic amines) is 1. The van der Waals surface area contributed by atoms with Gasteiger partial charge in [0.15, 0.2) is 0 Å². The molecule has 1 aliphatic rings. The first-order valence-electron chi connectivity index (χ1n) is 4.71. The van der Waals surface area contributed by atoms with Crippen LogP contribution in [0.15, 0.2) is 0 Å². The normalized spacial score (nSPS) is 27.1. The number of nitrogens with zero attached hydrogens (tertiary/aromatic N) is 1. The van der Waals surface area contributed by atoms with E-state index < -0.39 is 0 Å². The molecule has 0 aliphatic carbocycles. The standard InChI is InChI=1S/C9H18N2OS/c1-7(9(10)13)11-5-3-4-8(6-11)12-2/h7-8H,3-6H2,1-2H3,(H2,10,13). The van der Waals surface area contributed by atoms with Gasteiger partial charge in [0.25, 0.3) is 0 Å². The number of hydrogen-bond donors (Lipinski definition) is 1. The van der Waals surface area contributed by atoms with Crippen molar-refractivity contribution in [2.75, 3.05) is 20.2 Å². The zero-order valence-electron chi connectivity index (χ0n) is 8.32. The maximum atomic E-state index is 5.60. The van der Waals surface area contributed by atoms with E-state index in [0.29, 0.717) is 11.1 Å². The van der Waals surface area contributed by atoms with Crippen molar-refractivity contribution in [3.05, 3.63) is 0 Å². The van der Waals surface area contributed by atoms with Crippen LogP contribution in [-0.4, -0.2) is 42.2 Å². The molecular formula is C9H18N2OS. The molecule has 4 heteroatoms. The molecule has 0 aromatic heterocycles. The summed E-state index contributed by atoms with van der Waals surface area (Å²) in [6.45, 7) is 4.09. The van der Waals surface area contributed by atoms with Crippen LogP contribution in [0, 0.1) is 0 Å². The van der Waals surface area contributed by atoms with Crippen LogP contribution in [-0.2, 0) is 4.74 Å². The van der Waals surface area contributed by atoms with Crippen molar-refractivity contribution in [2.24, 2.45) is 5.73 Å². The van der Waals surface area contributed by atoms with Gasteiger partial charge in [-0.15, -0.1) is 0 Å². The van der Waals surface area contributed by atoms with Crippen LogP contribution in [0.5, 0.6) is 0 Å². The molecule has 0 saturated carbocycles. The van der Waals surface area contributed by atoms with Crippen molar-refractivity contribution < 1.29 is 4.74 Å². The van der Waals surface area contributed by atoms with Gasteiger partial charge in [0, 0.05) is 13.7 Å². The maximum Gasteiger partial charge on any atom is 0.0899 e. The third-order valence-electron chi connectivity index (χ3n) is 2.70. The highest BCUT2D eigenvalue weighted by Gasteiger charge is 2.24. The molecule has 1 rings (SSSR count). The average molecular weight is 202 g/mol. The maximum absolute atomic E-state index is 5.60. The first kappa shape index (κ1) is 10.9. The second kappa shape index (κ2) is 4.88. The van der Waals surface area contributed by atoms with Gasteiger partial charge in [0.2, 0.25) is 0 Å². The van der Waals surface area contributed by atoms with E-state index in [4.69, 9.17) is 22.7 Å². The van der Waals surface area contributed by atoms with Gasteiger partial charge in [-0.25, -0.2) is 0 Å². The first-order chi connectivity index (χ1) is 6.15. The van der Waals surface area contributed by atoms with E-state index in [-0.39, 0.29) is 6.04 Å². The quantitative estimate of drug-likeness (QED) is 0.686. The molecule has 1 fully saturated rings. The van der Waals surface area contributed by atoms with Crippen molar-refractivity contribution in [1.82, 2.24) is 4.90 Å². The molecule has 2 unspecified atom stereocenters. The van der Waals surface area contributed by atoms with E-state index in [9.17, 15) is 0 Å². The van der Waals surface area contributed by atoms with Gasteiger partial charge >= 0.3 is 0 Å². The summed E-state index contributed by atoms with van der Waals surface area (Å²) in [5.41, 5.74) is 5.60. The zero-order valence-corrected chi connectivity index (χ0v) is 9.14. The molecular weight excluding hydrogens is 184 g/mol. The highest BCUT2D eigenvalue weighted by Crippen LogP contribution is 2.14. The van der Waals surface area contributed by atoms with Crippen LogP contribution < -0.4 is 5.73 Å². The highest BCUT2D eigenvalue weighted by molar-refractivity contribution is 7.80. The summed E-state index contributed by atoms with van der Waals surface area (Å²) in [7, 11) is 1.76. The number of ether oxygens (including phenoxy) is 1. The third-order valence-corrected chi connectivity index (χ3v) is 3.04. The number of rotatable bonds is 3. The lowest BCUT2D eigenvalue weighted by Crippen LogP contribution is -2.48. The summed E-state index contributed by atoms with van der Waals surface area (Å²) in [6, 6.07) is 0.202. The van der Waals surface area contributed by atoms with Crippen LogP contribution in [0.4, 0.5) is 0 Å². The van der Waals surface area contributed by atoms with Gasteiger partial charge in [0.1, 0.15) is 0 Å². The molecule has 0 amide bonds. The van der Waals surface area contributed by atoms with E-state index in [0.717, 1.165) is 19.5 Å². The SMILES string of the molecule is COC1CCCN(C(C)C(N)=S)C1. The van der Waals surface area contributed by atoms with E-state index in [1.165, 1.54) is 6.42 Å². The Morgan fingerprint density at radius 1 is 1.69 bits per heavy atom. The Morgan fingerprint density at radius 2 is 2.38 bits per heavy atom. The predicted octanol–water partition coefficient (Wildman–Crippen LogP) is 0.772. The summed E-state index contributed by atoms with van der Waals surface area (Å²) in [4.78, 5) is 2.87. The Labute approximate surface area is 85.2 Å². The minimum Gasteiger partial charge on any atom is -0.392 e. The largest absolute Gasteiger partial charge is 0.392 e. The van der Waals surface area contributed by atoms with Crippen LogP contribution >= 0.6 is 12.2 Å². The van der Waals surface area contributed by atoms with Crippen LogP contribution in [0.1, 0.15) is 19.8 Å². The zero-order chi connectivity index (χ0) is 9.84. The molecule has 0 aromatic rings. The first-order valence-corrected chi connectivity index (χ1v) is 5.12. The molecule has 1 aliphatic heterocycles. The van der Waals surface area contributed by atoms with Crippen LogP contribution in [0.3, 0.4) is 0 Å². The van der Waals surface area contributed by atoms with E-state index in [1.807, 2.05) is 0 Å². The van der Waals surface area contributed by atoms with Gasteiger partial charge in [-0.05, 0) is 26.3 Å². The van der Waals surface area contributed by atoms with Crippen molar-refractivity contribution >= 4 is 17.2 Å². The summed E-state index contributed by atoms with van der Waals surface area (Å²) >= 11 is 4.97. The monoisotopic (exact) mass is 202 g/mol. The number of hydrogen-bond acceptors (Lipinski definition) is 3. The van der Waals surface area contributed by atoms with Crippen molar-refractivity contribution in [3.8, 4) is 0 Å². The lowest BCUT2D eigenvalue weighted by atomic mass is 10.1. The molecule has 2 atom stereocenters. The van der Waals surface area contributed by atoms with Gasteiger partial charge in [0.05, 0.1) is 17.1 Å². The topological polar surface area (TPSA) is 38.5 Å². The van der Waals surface area contributed by atoms with Crippen molar-refractivity contribution in [1.29, 1.82) is 0 Å². The Balaban J connectivity index is 2.46. The fourth-order valence-corrected chi connectivity index (χ4v) is 1.84. The van der Waals surface area contributed by atoms with Crippen LogP contribution in [0.25, 0.3) is 0 Å². The molecule has 2 N–H and O–H groups in total. The van der Waals surface area contributed by atoms with Gasteiger partial charge in [-0.1, -0.05) is 12.2 Å². The molecule has 3 nitrogen and oxygen atoms in total. The second-order valence-electron chi connectivity index (χ2n) is 3.57. The number of methoxy groups -OCH3 is 1. The average Bonchev–Trinajstić information content (AvgIpc) is 2.16. The molecule has 0 aromatic carbocycles. The molecule has 76 valence electrons. The lowest BCUT2D eigenvalue weighted by Gasteiger charge is -2.35. The molecule has 1 heterocycles. The second-order valence-corrected chi connectivity index (χ2v) is 4.04.